The van der Waals surface area contributed by atoms with E-state index in [-0.39, 0.29) is 12.5 Å². The fourth-order valence-corrected chi connectivity index (χ4v) is 4.38. The van der Waals surface area contributed by atoms with Gasteiger partial charge in [-0.3, -0.25) is 19.3 Å². The van der Waals surface area contributed by atoms with Crippen LogP contribution in [-0.4, -0.2) is 62.1 Å². The Morgan fingerprint density at radius 1 is 0.971 bits per heavy atom. The number of hydrogen-bond acceptors (Lipinski definition) is 6. The first-order valence-corrected chi connectivity index (χ1v) is 11.8. The average molecular weight is 486 g/mol. The van der Waals surface area contributed by atoms with E-state index in [1.165, 1.54) is 0 Å². The van der Waals surface area contributed by atoms with E-state index in [4.69, 9.17) is 21.1 Å². The summed E-state index contributed by atoms with van der Waals surface area (Å²) in [5, 5.41) is 6.12. The third-order valence-electron chi connectivity index (χ3n) is 6.23. The number of nitrogens with one attached hydrogen (secondary N) is 2. The van der Waals surface area contributed by atoms with E-state index < -0.39 is 17.3 Å². The smallest absolute Gasteiger partial charge is 0.317 e. The first-order valence-electron chi connectivity index (χ1n) is 11.4. The van der Waals surface area contributed by atoms with Gasteiger partial charge >= 0.3 is 5.97 Å². The van der Waals surface area contributed by atoms with Crippen molar-refractivity contribution in [3.8, 4) is 0 Å². The molecule has 2 aliphatic rings. The molecule has 0 bridgehead atoms. The molecule has 1 saturated carbocycles. The van der Waals surface area contributed by atoms with Crippen molar-refractivity contribution in [2.24, 2.45) is 0 Å². The minimum Gasteiger partial charge on any atom is -0.455 e. The van der Waals surface area contributed by atoms with Gasteiger partial charge in [-0.25, -0.2) is 0 Å². The lowest BCUT2D eigenvalue weighted by atomic mass is 9.64. The Bertz CT molecular complexity index is 1030. The van der Waals surface area contributed by atoms with Crippen LogP contribution in [0.4, 0.5) is 11.4 Å². The number of morpholine rings is 1. The van der Waals surface area contributed by atoms with Crippen LogP contribution in [0.3, 0.4) is 0 Å². The number of benzene rings is 2. The second-order valence-electron chi connectivity index (χ2n) is 8.58. The van der Waals surface area contributed by atoms with Gasteiger partial charge in [0.2, 0.25) is 5.91 Å². The van der Waals surface area contributed by atoms with Crippen LogP contribution in [0.15, 0.2) is 48.5 Å². The van der Waals surface area contributed by atoms with Gasteiger partial charge in [0.1, 0.15) is 0 Å². The summed E-state index contributed by atoms with van der Waals surface area (Å²) in [7, 11) is 0. The molecule has 4 rings (SSSR count). The summed E-state index contributed by atoms with van der Waals surface area (Å²) in [6.07, 6.45) is 2.27. The topological polar surface area (TPSA) is 97.0 Å². The van der Waals surface area contributed by atoms with Gasteiger partial charge in [0, 0.05) is 29.5 Å². The number of rotatable bonds is 8. The van der Waals surface area contributed by atoms with Crippen LogP contribution in [0.2, 0.25) is 5.02 Å². The molecule has 2 N–H and O–H groups in total. The molecular weight excluding hydrogens is 458 g/mol. The Morgan fingerprint density at radius 2 is 1.62 bits per heavy atom. The van der Waals surface area contributed by atoms with Gasteiger partial charge in [0.15, 0.2) is 6.61 Å². The minimum absolute atomic E-state index is 0.102. The molecule has 0 aromatic heterocycles. The molecule has 2 aromatic rings. The monoisotopic (exact) mass is 485 g/mol. The van der Waals surface area contributed by atoms with Gasteiger partial charge in [-0.1, -0.05) is 30.2 Å². The fraction of sp³-hybridized carbons (Fsp3) is 0.400. The Balaban J connectivity index is 1.24. The lowest BCUT2D eigenvalue weighted by molar-refractivity contribution is -0.156. The normalized spacial score (nSPS) is 17.3. The van der Waals surface area contributed by atoms with Crippen molar-refractivity contribution >= 4 is 40.8 Å². The summed E-state index contributed by atoms with van der Waals surface area (Å²) in [5.41, 5.74) is 1.27. The number of carbonyl (C=O) groups is 3. The molecule has 2 amide bonds. The second kappa shape index (κ2) is 11.0. The first-order chi connectivity index (χ1) is 16.4. The van der Waals surface area contributed by atoms with Crippen molar-refractivity contribution in [2.45, 2.75) is 24.7 Å². The zero-order valence-electron chi connectivity index (χ0n) is 18.8. The molecule has 8 nitrogen and oxygen atoms in total. The molecule has 9 heteroatoms. The van der Waals surface area contributed by atoms with Crippen molar-refractivity contribution in [1.29, 1.82) is 0 Å². The summed E-state index contributed by atoms with van der Waals surface area (Å²) in [5.74, 6) is -0.942. The number of halogens is 1. The van der Waals surface area contributed by atoms with E-state index in [9.17, 15) is 14.4 Å². The highest BCUT2D eigenvalue weighted by molar-refractivity contribution is 6.30. The van der Waals surface area contributed by atoms with E-state index >= 15 is 0 Å². The van der Waals surface area contributed by atoms with Crippen LogP contribution < -0.4 is 10.6 Å². The molecule has 2 aromatic carbocycles. The van der Waals surface area contributed by atoms with Crippen molar-refractivity contribution < 1.29 is 23.9 Å². The molecule has 0 unspecified atom stereocenters. The summed E-state index contributed by atoms with van der Waals surface area (Å²) >= 11 is 6.09. The van der Waals surface area contributed by atoms with E-state index in [0.29, 0.717) is 49.0 Å². The Hall–Kier alpha value is -2.94. The number of amides is 2. The summed E-state index contributed by atoms with van der Waals surface area (Å²) < 4.78 is 10.6. The summed E-state index contributed by atoms with van der Waals surface area (Å²) in [6.45, 7) is 2.69. The molecule has 1 aliphatic carbocycles. The van der Waals surface area contributed by atoms with E-state index in [0.717, 1.165) is 25.1 Å². The average Bonchev–Trinajstić information content (AvgIpc) is 2.79. The molecule has 1 heterocycles. The van der Waals surface area contributed by atoms with Gasteiger partial charge < -0.3 is 20.1 Å². The van der Waals surface area contributed by atoms with E-state index in [2.05, 4.69) is 10.6 Å². The van der Waals surface area contributed by atoms with Gasteiger partial charge in [0.25, 0.3) is 5.91 Å². The van der Waals surface area contributed by atoms with Gasteiger partial charge in [0.05, 0.1) is 25.2 Å². The summed E-state index contributed by atoms with van der Waals surface area (Å²) in [4.78, 5) is 39.4. The SMILES string of the molecule is O=C(COC(=O)C1(c2cccc(Cl)c2)CCC1)Nc1ccc(NC(=O)CN2CCOCC2)cc1. The maximum absolute atomic E-state index is 12.8. The number of ether oxygens (including phenoxy) is 2. The minimum atomic E-state index is -0.730. The number of hydrogen-bond donors (Lipinski definition) is 2. The Morgan fingerprint density at radius 3 is 2.21 bits per heavy atom. The standard InChI is InChI=1S/C25H28ClN3O5/c26-19-4-1-3-18(15-19)25(9-2-10-25)24(32)34-17-23(31)28-21-7-5-20(6-8-21)27-22(30)16-29-11-13-33-14-12-29/h1,3-8,15H,2,9-14,16-17H2,(H,27,30)(H,28,31). The lowest BCUT2D eigenvalue weighted by Gasteiger charge is -2.39. The second-order valence-corrected chi connectivity index (χ2v) is 9.02. The highest BCUT2D eigenvalue weighted by atomic mass is 35.5. The number of anilines is 2. The third kappa shape index (κ3) is 5.94. The van der Waals surface area contributed by atoms with Crippen LogP contribution in [0.1, 0.15) is 24.8 Å². The van der Waals surface area contributed by atoms with Crippen LogP contribution >= 0.6 is 11.6 Å². The third-order valence-corrected chi connectivity index (χ3v) is 6.47. The van der Waals surface area contributed by atoms with Gasteiger partial charge in [-0.05, 0) is 54.8 Å². The van der Waals surface area contributed by atoms with Crippen molar-refractivity contribution in [3.05, 3.63) is 59.1 Å². The van der Waals surface area contributed by atoms with Crippen molar-refractivity contribution in [3.63, 3.8) is 0 Å². The van der Waals surface area contributed by atoms with Gasteiger partial charge in [-0.15, -0.1) is 0 Å². The van der Waals surface area contributed by atoms with Crippen molar-refractivity contribution in [1.82, 2.24) is 4.90 Å². The number of nitrogens with zero attached hydrogens (tertiary/aromatic N) is 1. The Labute approximate surface area is 203 Å². The molecular formula is C25H28ClN3O5. The fourth-order valence-electron chi connectivity index (χ4n) is 4.19. The highest BCUT2D eigenvalue weighted by Crippen LogP contribution is 2.45. The summed E-state index contributed by atoms with van der Waals surface area (Å²) in [6, 6.07) is 14.0. The van der Waals surface area contributed by atoms with Crippen LogP contribution in [0.5, 0.6) is 0 Å². The lowest BCUT2D eigenvalue weighted by Crippen LogP contribution is -2.44. The maximum atomic E-state index is 12.8. The van der Waals surface area contributed by atoms with Crippen LogP contribution in [0, 0.1) is 0 Å². The zero-order valence-corrected chi connectivity index (χ0v) is 19.6. The molecule has 180 valence electrons. The zero-order chi connectivity index (χ0) is 24.0. The molecule has 0 spiro atoms. The van der Waals surface area contributed by atoms with Crippen LogP contribution in [-0.2, 0) is 29.3 Å². The molecule has 0 radical (unpaired) electrons. The Kier molecular flexibility index (Phi) is 7.82. The predicted molar refractivity (Wildman–Crippen MR) is 129 cm³/mol. The highest BCUT2D eigenvalue weighted by Gasteiger charge is 2.47. The molecule has 1 saturated heterocycles. The quantitative estimate of drug-likeness (QED) is 0.557. The van der Waals surface area contributed by atoms with E-state index in [1.54, 1.807) is 36.4 Å². The first kappa shape index (κ1) is 24.2. The number of carbonyl (C=O) groups excluding carboxylic acids is 3. The van der Waals surface area contributed by atoms with Crippen LogP contribution in [0.25, 0.3) is 0 Å². The number of esters is 1. The molecule has 2 fully saturated rings. The van der Waals surface area contributed by atoms with Gasteiger partial charge in [-0.2, -0.15) is 0 Å². The molecule has 0 atom stereocenters. The van der Waals surface area contributed by atoms with Crippen molar-refractivity contribution in [2.75, 3.05) is 50.1 Å². The largest absolute Gasteiger partial charge is 0.455 e. The molecule has 34 heavy (non-hydrogen) atoms. The molecule has 1 aliphatic heterocycles. The predicted octanol–water partition coefficient (Wildman–Crippen LogP) is 3.21. The van der Waals surface area contributed by atoms with E-state index in [1.807, 2.05) is 17.0 Å². The maximum Gasteiger partial charge on any atom is 0.317 e.